The Morgan fingerprint density at radius 1 is 1.10 bits per heavy atom. The molecule has 3 N–H and O–H groups in total. The highest BCUT2D eigenvalue weighted by Gasteiger charge is 2.31. The fraction of sp³-hybridized carbons (Fsp3) is 0.452. The highest BCUT2D eigenvalue weighted by molar-refractivity contribution is 9.10. The lowest BCUT2D eigenvalue weighted by atomic mass is 9.77. The van der Waals surface area contributed by atoms with Gasteiger partial charge in [0.25, 0.3) is 0 Å². The third-order valence-electron chi connectivity index (χ3n) is 7.29. The molecule has 1 fully saturated rings. The highest BCUT2D eigenvalue weighted by Crippen LogP contribution is 2.31. The van der Waals surface area contributed by atoms with E-state index in [0.29, 0.717) is 36.0 Å². The minimum atomic E-state index is -0.645. The Labute approximate surface area is 253 Å². The SMILES string of the molecule is CC(C)(C)OC(=O)NCC1CCC(C(=O)C[C@@H](Cc2cccc(Br)c2)C(=O)Nc2ccc(-c3noc(=O)[nH]3)cc2)CC1. The van der Waals surface area contributed by atoms with Crippen LogP contribution in [-0.4, -0.2) is 40.1 Å². The Balaban J connectivity index is 1.36. The van der Waals surface area contributed by atoms with E-state index in [1.165, 1.54) is 0 Å². The molecule has 10 nitrogen and oxygen atoms in total. The highest BCUT2D eigenvalue weighted by atomic mass is 79.9. The van der Waals surface area contributed by atoms with Crippen LogP contribution in [0.3, 0.4) is 0 Å². The van der Waals surface area contributed by atoms with Gasteiger partial charge in [0.2, 0.25) is 5.91 Å². The van der Waals surface area contributed by atoms with Crippen molar-refractivity contribution in [2.45, 2.75) is 64.9 Å². The number of halogens is 1. The van der Waals surface area contributed by atoms with Crippen LogP contribution in [0.15, 0.2) is 62.3 Å². The van der Waals surface area contributed by atoms with Gasteiger partial charge in [-0.05, 0) is 101 Å². The maximum atomic E-state index is 13.5. The van der Waals surface area contributed by atoms with Crippen molar-refractivity contribution in [3.05, 3.63) is 69.1 Å². The third kappa shape index (κ3) is 9.40. The largest absolute Gasteiger partial charge is 0.444 e. The minimum Gasteiger partial charge on any atom is -0.444 e. The van der Waals surface area contributed by atoms with Gasteiger partial charge >= 0.3 is 11.8 Å². The van der Waals surface area contributed by atoms with Crippen LogP contribution in [0.25, 0.3) is 11.4 Å². The topological polar surface area (TPSA) is 143 Å². The summed E-state index contributed by atoms with van der Waals surface area (Å²) in [5.41, 5.74) is 1.62. The number of H-pyrrole nitrogens is 1. The quantitative estimate of drug-likeness (QED) is 0.251. The molecule has 0 bridgehead atoms. The summed E-state index contributed by atoms with van der Waals surface area (Å²) >= 11 is 3.49. The zero-order valence-corrected chi connectivity index (χ0v) is 25.7. The van der Waals surface area contributed by atoms with Crippen molar-refractivity contribution >= 4 is 39.4 Å². The maximum absolute atomic E-state index is 13.5. The second kappa shape index (κ2) is 14.0. The first-order valence-corrected chi connectivity index (χ1v) is 15.0. The first kappa shape index (κ1) is 31.2. The van der Waals surface area contributed by atoms with Crippen molar-refractivity contribution in [2.75, 3.05) is 11.9 Å². The Morgan fingerprint density at radius 2 is 1.81 bits per heavy atom. The van der Waals surface area contributed by atoms with Gasteiger partial charge in [0, 0.05) is 40.5 Å². The molecule has 2 amide bonds. The number of hydrogen-bond acceptors (Lipinski definition) is 7. The monoisotopic (exact) mass is 640 g/mol. The first-order valence-electron chi connectivity index (χ1n) is 14.2. The Morgan fingerprint density at radius 3 is 2.43 bits per heavy atom. The number of amides is 2. The fourth-order valence-corrected chi connectivity index (χ4v) is 5.60. The number of nitrogens with one attached hydrogen (secondary N) is 3. The van der Waals surface area contributed by atoms with Gasteiger partial charge in [-0.3, -0.25) is 19.1 Å². The van der Waals surface area contributed by atoms with Gasteiger partial charge < -0.3 is 15.4 Å². The average Bonchev–Trinajstić information content (AvgIpc) is 3.37. The van der Waals surface area contributed by atoms with Crippen LogP contribution in [-0.2, 0) is 20.7 Å². The van der Waals surface area contributed by atoms with Gasteiger partial charge in [0.05, 0.1) is 0 Å². The molecule has 0 radical (unpaired) electrons. The minimum absolute atomic E-state index is 0.0917. The summed E-state index contributed by atoms with van der Waals surface area (Å²) in [7, 11) is 0. The summed E-state index contributed by atoms with van der Waals surface area (Å²) in [6.07, 6.45) is 3.26. The van der Waals surface area contributed by atoms with Crippen LogP contribution in [0.1, 0.15) is 58.4 Å². The van der Waals surface area contributed by atoms with Crippen molar-refractivity contribution in [2.24, 2.45) is 17.8 Å². The van der Waals surface area contributed by atoms with Crippen molar-refractivity contribution in [3.8, 4) is 11.4 Å². The van der Waals surface area contributed by atoms with E-state index in [-0.39, 0.29) is 24.0 Å². The van der Waals surface area contributed by atoms with Gasteiger partial charge in [0.15, 0.2) is 5.82 Å². The molecule has 4 rings (SSSR count). The number of rotatable bonds is 10. The molecule has 0 spiro atoms. The molecular weight excluding hydrogens is 604 g/mol. The molecule has 224 valence electrons. The second-order valence-corrected chi connectivity index (χ2v) is 12.7. The zero-order valence-electron chi connectivity index (χ0n) is 24.1. The molecule has 1 heterocycles. The molecule has 2 aromatic carbocycles. The van der Waals surface area contributed by atoms with E-state index in [1.54, 1.807) is 24.3 Å². The average molecular weight is 642 g/mol. The van der Waals surface area contributed by atoms with E-state index in [9.17, 15) is 19.2 Å². The number of carbonyl (C=O) groups excluding carboxylic acids is 3. The molecule has 1 saturated carbocycles. The van der Waals surface area contributed by atoms with Gasteiger partial charge in [-0.25, -0.2) is 9.59 Å². The lowest BCUT2D eigenvalue weighted by molar-refractivity contribution is -0.129. The predicted octanol–water partition coefficient (Wildman–Crippen LogP) is 5.88. The smallest absolute Gasteiger partial charge is 0.439 e. The third-order valence-corrected chi connectivity index (χ3v) is 7.78. The van der Waals surface area contributed by atoms with Crippen LogP contribution in [0.5, 0.6) is 0 Å². The van der Waals surface area contributed by atoms with Crippen LogP contribution in [0, 0.1) is 17.8 Å². The maximum Gasteiger partial charge on any atom is 0.439 e. The first-order chi connectivity index (χ1) is 19.9. The molecule has 1 aliphatic carbocycles. The van der Waals surface area contributed by atoms with E-state index >= 15 is 0 Å². The van der Waals surface area contributed by atoms with Crippen molar-refractivity contribution < 1.29 is 23.6 Å². The molecule has 1 aromatic heterocycles. The summed E-state index contributed by atoms with van der Waals surface area (Å²) in [4.78, 5) is 52.6. The number of anilines is 1. The number of benzene rings is 2. The second-order valence-electron chi connectivity index (χ2n) is 11.8. The molecule has 0 aliphatic heterocycles. The summed E-state index contributed by atoms with van der Waals surface area (Å²) in [6, 6.07) is 14.6. The van der Waals surface area contributed by atoms with Gasteiger partial charge in [-0.2, -0.15) is 0 Å². The van der Waals surface area contributed by atoms with E-state index in [1.807, 2.05) is 45.0 Å². The van der Waals surface area contributed by atoms with E-state index in [4.69, 9.17) is 4.74 Å². The van der Waals surface area contributed by atoms with Crippen LogP contribution in [0.2, 0.25) is 0 Å². The normalized spacial score (nSPS) is 17.7. The number of aromatic amines is 1. The lowest BCUT2D eigenvalue weighted by Crippen LogP contribution is -2.37. The van der Waals surface area contributed by atoms with Crippen molar-refractivity contribution in [1.82, 2.24) is 15.5 Å². The summed E-state index contributed by atoms with van der Waals surface area (Å²) < 4.78 is 10.8. The molecule has 0 unspecified atom stereocenters. The van der Waals surface area contributed by atoms with Gasteiger partial charge in [-0.15, -0.1) is 0 Å². The molecule has 11 heteroatoms. The zero-order chi connectivity index (χ0) is 30.3. The summed E-state index contributed by atoms with van der Waals surface area (Å²) in [6.45, 7) is 6.00. The number of ether oxygens (including phenoxy) is 1. The Hall–Kier alpha value is -3.73. The van der Waals surface area contributed by atoms with Crippen LogP contribution >= 0.6 is 15.9 Å². The van der Waals surface area contributed by atoms with Crippen molar-refractivity contribution in [1.29, 1.82) is 0 Å². The van der Waals surface area contributed by atoms with Crippen molar-refractivity contribution in [3.63, 3.8) is 0 Å². The molecular formula is C31H37BrN4O6. The lowest BCUT2D eigenvalue weighted by Gasteiger charge is -2.29. The van der Waals surface area contributed by atoms with Gasteiger partial charge in [-0.1, -0.05) is 33.2 Å². The number of hydrogen-bond donors (Lipinski definition) is 3. The Kier molecular flexibility index (Phi) is 10.4. The van der Waals surface area contributed by atoms with Crippen LogP contribution < -0.4 is 16.4 Å². The number of Topliss-reactive ketones (excluding diaryl/α,β-unsaturated/α-hetero) is 1. The number of carbonyl (C=O) groups is 3. The molecule has 1 atom stereocenters. The predicted molar refractivity (Wildman–Crippen MR) is 162 cm³/mol. The number of aromatic nitrogens is 2. The van der Waals surface area contributed by atoms with E-state index in [2.05, 4.69) is 41.2 Å². The molecule has 0 saturated heterocycles. The fourth-order valence-electron chi connectivity index (χ4n) is 5.16. The molecule has 42 heavy (non-hydrogen) atoms. The van der Waals surface area contributed by atoms with E-state index in [0.717, 1.165) is 35.7 Å². The number of ketones is 1. The van der Waals surface area contributed by atoms with Gasteiger partial charge in [0.1, 0.15) is 11.4 Å². The Bertz CT molecular complexity index is 1430. The van der Waals surface area contributed by atoms with E-state index < -0.39 is 23.4 Å². The summed E-state index contributed by atoms with van der Waals surface area (Å²) in [5.74, 6) is -0.857. The number of alkyl carbamates (subject to hydrolysis) is 1. The van der Waals surface area contributed by atoms with Crippen LogP contribution in [0.4, 0.5) is 10.5 Å². The molecule has 1 aliphatic rings. The summed E-state index contributed by atoms with van der Waals surface area (Å²) in [5, 5.41) is 9.47. The number of nitrogens with zero attached hydrogens (tertiary/aromatic N) is 1. The molecule has 3 aromatic rings. The standard InChI is InChI=1S/C31H37BrN4O6/c1-31(2,3)41-29(39)33-18-19-7-9-21(10-8-19)26(37)17-23(15-20-5-4-6-24(32)16-20)28(38)34-25-13-11-22(12-14-25)27-35-30(40)42-36-27/h4-6,11-14,16,19,21,23H,7-10,15,17-18H2,1-3H3,(H,33,39)(H,34,38)(H,35,36,40)/t19?,21?,23-/m1/s1.